The highest BCUT2D eigenvalue weighted by Gasteiger charge is 2.20. The first-order valence-corrected chi connectivity index (χ1v) is 10.8. The highest BCUT2D eigenvalue weighted by atomic mass is 32.2. The van der Waals surface area contributed by atoms with Gasteiger partial charge in [-0.05, 0) is 43.7 Å². The van der Waals surface area contributed by atoms with Gasteiger partial charge in [0.2, 0.25) is 11.0 Å². The number of ether oxygens (including phenoxy) is 2. The lowest BCUT2D eigenvalue weighted by Crippen LogP contribution is -2.24. The fourth-order valence-electron chi connectivity index (χ4n) is 2.65. The van der Waals surface area contributed by atoms with Crippen LogP contribution in [0, 0.1) is 6.92 Å². The summed E-state index contributed by atoms with van der Waals surface area (Å²) in [6.07, 6.45) is 0.708. The van der Waals surface area contributed by atoms with Crippen molar-refractivity contribution >= 4 is 34.1 Å². The molecule has 0 spiro atoms. The van der Waals surface area contributed by atoms with Crippen molar-refractivity contribution in [2.45, 2.75) is 30.4 Å². The number of hydrogen-bond acceptors (Lipinski definition) is 7. The third-order valence-corrected chi connectivity index (χ3v) is 6.50. The number of methoxy groups -OCH3 is 2. The Bertz CT molecular complexity index is 974. The molecule has 8 heteroatoms. The van der Waals surface area contributed by atoms with Gasteiger partial charge in [0, 0.05) is 4.90 Å². The molecule has 1 heterocycles. The van der Waals surface area contributed by atoms with Gasteiger partial charge in [0.25, 0.3) is 0 Å². The van der Waals surface area contributed by atoms with Crippen LogP contribution in [0.1, 0.15) is 18.9 Å². The third-order valence-electron chi connectivity index (χ3n) is 4.25. The summed E-state index contributed by atoms with van der Waals surface area (Å²) in [5.74, 6) is 1.28. The van der Waals surface area contributed by atoms with Crippen molar-refractivity contribution in [3.05, 3.63) is 48.0 Å². The number of benzene rings is 2. The molecule has 1 atom stereocenters. The number of aryl methyl sites for hydroxylation is 1. The molecule has 1 N–H and O–H groups in total. The van der Waals surface area contributed by atoms with E-state index in [0.29, 0.717) is 28.1 Å². The van der Waals surface area contributed by atoms with Gasteiger partial charge in [0.05, 0.1) is 25.0 Å². The van der Waals surface area contributed by atoms with Crippen molar-refractivity contribution in [3.63, 3.8) is 0 Å². The van der Waals surface area contributed by atoms with Gasteiger partial charge in [-0.2, -0.15) is 0 Å². The van der Waals surface area contributed by atoms with Gasteiger partial charge in [-0.1, -0.05) is 36.0 Å². The van der Waals surface area contributed by atoms with Crippen LogP contribution in [0.5, 0.6) is 11.5 Å². The molecule has 1 unspecified atom stereocenters. The minimum absolute atomic E-state index is 0.0848. The quantitative estimate of drug-likeness (QED) is 0.506. The number of carbonyl (C=O) groups excluding carboxylic acids is 1. The van der Waals surface area contributed by atoms with Crippen molar-refractivity contribution in [1.29, 1.82) is 0 Å². The van der Waals surface area contributed by atoms with Crippen LogP contribution in [-0.4, -0.2) is 35.6 Å². The van der Waals surface area contributed by atoms with Gasteiger partial charge in [-0.3, -0.25) is 10.1 Å². The van der Waals surface area contributed by atoms with E-state index in [1.807, 2.05) is 56.3 Å². The zero-order chi connectivity index (χ0) is 20.8. The lowest BCUT2D eigenvalue weighted by atomic mass is 10.2. The number of nitrogens with zero attached hydrogens (tertiary/aromatic N) is 2. The first kappa shape index (κ1) is 21.1. The Hall–Kier alpha value is -2.58. The molecule has 2 aromatic carbocycles. The van der Waals surface area contributed by atoms with Gasteiger partial charge < -0.3 is 9.47 Å². The number of rotatable bonds is 8. The third kappa shape index (κ3) is 5.27. The molecule has 0 saturated carbocycles. The highest BCUT2D eigenvalue weighted by molar-refractivity contribution is 8.00. The Kier molecular flexibility index (Phi) is 7.11. The van der Waals surface area contributed by atoms with Crippen molar-refractivity contribution in [3.8, 4) is 22.1 Å². The van der Waals surface area contributed by atoms with Gasteiger partial charge in [-0.25, -0.2) is 0 Å². The van der Waals surface area contributed by atoms with Crippen molar-refractivity contribution in [1.82, 2.24) is 10.2 Å². The molecule has 152 valence electrons. The maximum atomic E-state index is 12.7. The van der Waals surface area contributed by atoms with E-state index in [1.165, 1.54) is 16.9 Å². The van der Waals surface area contributed by atoms with E-state index in [1.54, 1.807) is 26.0 Å². The topological polar surface area (TPSA) is 73.3 Å². The Morgan fingerprint density at radius 2 is 1.90 bits per heavy atom. The second kappa shape index (κ2) is 9.76. The molecule has 0 radical (unpaired) electrons. The molecule has 0 saturated heterocycles. The fourth-order valence-corrected chi connectivity index (χ4v) is 4.37. The summed E-state index contributed by atoms with van der Waals surface area (Å²) in [4.78, 5) is 13.8. The van der Waals surface area contributed by atoms with Crippen LogP contribution in [0.2, 0.25) is 0 Å². The highest BCUT2D eigenvalue weighted by Crippen LogP contribution is 2.36. The van der Waals surface area contributed by atoms with Crippen LogP contribution < -0.4 is 14.8 Å². The normalized spacial score (nSPS) is 11.7. The number of amides is 1. The molecule has 1 amide bonds. The van der Waals surface area contributed by atoms with Gasteiger partial charge in [0.15, 0.2) is 5.01 Å². The second-order valence-corrected chi connectivity index (χ2v) is 8.55. The van der Waals surface area contributed by atoms with Crippen molar-refractivity contribution < 1.29 is 14.3 Å². The minimum Gasteiger partial charge on any atom is -0.497 e. The number of nitrogens with one attached hydrogen (secondary N) is 1. The zero-order valence-electron chi connectivity index (χ0n) is 16.8. The average Bonchev–Trinajstić information content (AvgIpc) is 3.20. The fraction of sp³-hybridized carbons (Fsp3) is 0.286. The van der Waals surface area contributed by atoms with Crippen LogP contribution in [0.3, 0.4) is 0 Å². The van der Waals surface area contributed by atoms with Crippen molar-refractivity contribution in [2.75, 3.05) is 19.5 Å². The van der Waals surface area contributed by atoms with E-state index in [-0.39, 0.29) is 11.2 Å². The van der Waals surface area contributed by atoms with Crippen LogP contribution >= 0.6 is 23.1 Å². The number of anilines is 1. The van der Waals surface area contributed by atoms with E-state index in [0.717, 1.165) is 10.5 Å². The smallest absolute Gasteiger partial charge is 0.239 e. The molecule has 3 rings (SSSR count). The summed E-state index contributed by atoms with van der Waals surface area (Å²) in [6.45, 7) is 4.04. The molecule has 3 aromatic rings. The molecule has 6 nitrogen and oxygen atoms in total. The van der Waals surface area contributed by atoms with Gasteiger partial charge >= 0.3 is 0 Å². The number of thioether (sulfide) groups is 1. The summed E-state index contributed by atoms with van der Waals surface area (Å²) in [5.41, 5.74) is 1.96. The number of hydrogen-bond donors (Lipinski definition) is 1. The Balaban J connectivity index is 1.73. The molecule has 1 aromatic heterocycles. The predicted molar refractivity (Wildman–Crippen MR) is 118 cm³/mol. The maximum absolute atomic E-state index is 12.7. The standard InChI is InChI=1S/C21H23N3O3S2/c1-5-18(28-15-9-6-13(2)7-10-15)19(25)22-21-24-23-20(29-21)16-12-14(26-3)8-11-17(16)27-4/h6-12,18H,5H2,1-4H3,(H,22,24,25). The SMILES string of the molecule is CCC(Sc1ccc(C)cc1)C(=O)Nc1nnc(-c2cc(OC)ccc2OC)s1. The molecule has 0 aliphatic heterocycles. The van der Waals surface area contributed by atoms with Crippen LogP contribution in [0.15, 0.2) is 47.4 Å². The van der Waals surface area contributed by atoms with Crippen LogP contribution in [0.25, 0.3) is 10.6 Å². The molecule has 0 bridgehead atoms. The van der Waals surface area contributed by atoms with Gasteiger partial charge in [0.1, 0.15) is 11.5 Å². The Morgan fingerprint density at radius 1 is 1.14 bits per heavy atom. The molecule has 0 aliphatic carbocycles. The second-order valence-electron chi connectivity index (χ2n) is 6.30. The summed E-state index contributed by atoms with van der Waals surface area (Å²) in [6, 6.07) is 13.6. The summed E-state index contributed by atoms with van der Waals surface area (Å²) < 4.78 is 10.7. The predicted octanol–water partition coefficient (Wildman–Crippen LogP) is 5.04. The van der Waals surface area contributed by atoms with Gasteiger partial charge in [-0.15, -0.1) is 22.0 Å². The summed E-state index contributed by atoms with van der Waals surface area (Å²) >= 11 is 2.85. The monoisotopic (exact) mass is 429 g/mol. The maximum Gasteiger partial charge on any atom is 0.239 e. The lowest BCUT2D eigenvalue weighted by molar-refractivity contribution is -0.115. The van der Waals surface area contributed by atoms with Crippen molar-refractivity contribution in [2.24, 2.45) is 0 Å². The van der Waals surface area contributed by atoms with E-state index in [4.69, 9.17) is 9.47 Å². The Labute approximate surface area is 178 Å². The number of carbonyl (C=O) groups is 1. The first-order chi connectivity index (χ1) is 14.0. The molecule has 0 fully saturated rings. The van der Waals surface area contributed by atoms with Crippen LogP contribution in [0.4, 0.5) is 5.13 Å². The molecular weight excluding hydrogens is 406 g/mol. The number of aromatic nitrogens is 2. The summed E-state index contributed by atoms with van der Waals surface area (Å²) in [5, 5.41) is 12.1. The molecular formula is C21H23N3O3S2. The molecule has 29 heavy (non-hydrogen) atoms. The van der Waals surface area contributed by atoms with E-state index < -0.39 is 0 Å². The van der Waals surface area contributed by atoms with E-state index in [9.17, 15) is 4.79 Å². The van der Waals surface area contributed by atoms with Crippen LogP contribution in [-0.2, 0) is 4.79 Å². The first-order valence-electron chi connectivity index (χ1n) is 9.14. The molecule has 0 aliphatic rings. The minimum atomic E-state index is -0.212. The Morgan fingerprint density at radius 3 is 2.55 bits per heavy atom. The lowest BCUT2D eigenvalue weighted by Gasteiger charge is -2.13. The zero-order valence-corrected chi connectivity index (χ0v) is 18.4. The summed E-state index contributed by atoms with van der Waals surface area (Å²) in [7, 11) is 3.21. The van der Waals surface area contributed by atoms with E-state index in [2.05, 4.69) is 15.5 Å². The average molecular weight is 430 g/mol. The largest absolute Gasteiger partial charge is 0.497 e. The van der Waals surface area contributed by atoms with E-state index >= 15 is 0 Å².